The van der Waals surface area contributed by atoms with Crippen LogP contribution in [0.5, 0.6) is 0 Å². The van der Waals surface area contributed by atoms with E-state index in [9.17, 15) is 13.2 Å². The van der Waals surface area contributed by atoms with Crippen molar-refractivity contribution in [3.8, 4) is 22.4 Å². The van der Waals surface area contributed by atoms with Gasteiger partial charge >= 0.3 is 0 Å². The molecule has 166 valence electrons. The summed E-state index contributed by atoms with van der Waals surface area (Å²) in [5.41, 5.74) is 10.7. The molecule has 4 rings (SSSR count). The van der Waals surface area contributed by atoms with Crippen LogP contribution in [0, 0.1) is 0 Å². The van der Waals surface area contributed by atoms with Gasteiger partial charge in [0.05, 0.1) is 5.69 Å². The molecule has 0 saturated carbocycles. The van der Waals surface area contributed by atoms with Crippen LogP contribution in [-0.4, -0.2) is 48.7 Å². The van der Waals surface area contributed by atoms with Gasteiger partial charge in [0.2, 0.25) is 10.0 Å². The summed E-state index contributed by atoms with van der Waals surface area (Å²) in [6, 6.07) is 10.7. The molecule has 0 bridgehead atoms. The highest BCUT2D eigenvalue weighted by Crippen LogP contribution is 2.31. The van der Waals surface area contributed by atoms with E-state index in [1.807, 2.05) is 25.1 Å². The van der Waals surface area contributed by atoms with E-state index in [0.29, 0.717) is 30.2 Å². The maximum Gasteiger partial charge on any atom is 0.251 e. The molecule has 0 atom stereocenters. The van der Waals surface area contributed by atoms with Gasteiger partial charge in [0.15, 0.2) is 0 Å². The van der Waals surface area contributed by atoms with Crippen molar-refractivity contribution in [3.05, 3.63) is 59.9 Å². The lowest BCUT2D eigenvalue weighted by Gasteiger charge is -2.18. The summed E-state index contributed by atoms with van der Waals surface area (Å²) in [6.07, 6.45) is 4.47. The molecule has 0 fully saturated rings. The molecular formula is C23H25N5O3S. The second-order valence-corrected chi connectivity index (χ2v) is 9.79. The number of nitrogens with one attached hydrogen (secondary N) is 1. The van der Waals surface area contributed by atoms with Crippen molar-refractivity contribution in [1.82, 2.24) is 19.6 Å². The van der Waals surface area contributed by atoms with Crippen molar-refractivity contribution in [2.75, 3.05) is 25.9 Å². The summed E-state index contributed by atoms with van der Waals surface area (Å²) in [4.78, 5) is 20.8. The predicted octanol–water partition coefficient (Wildman–Crippen LogP) is 2.71. The fraction of sp³-hybridized carbons (Fsp3) is 0.261. The predicted molar refractivity (Wildman–Crippen MR) is 123 cm³/mol. The minimum atomic E-state index is -3.57. The number of nitrogen functional groups attached to an aromatic ring is 1. The first-order valence-corrected chi connectivity index (χ1v) is 11.8. The average molecular weight is 452 g/mol. The van der Waals surface area contributed by atoms with Crippen molar-refractivity contribution in [2.24, 2.45) is 0 Å². The van der Waals surface area contributed by atoms with Gasteiger partial charge in [-0.25, -0.2) is 17.7 Å². The van der Waals surface area contributed by atoms with Gasteiger partial charge in [-0.3, -0.25) is 9.78 Å². The first kappa shape index (κ1) is 21.9. The number of carbonyl (C=O) groups excluding carboxylic acids is 1. The highest BCUT2D eigenvalue weighted by Gasteiger charge is 2.21. The summed E-state index contributed by atoms with van der Waals surface area (Å²) in [5.74, 6) is 0.302. The summed E-state index contributed by atoms with van der Waals surface area (Å²) < 4.78 is 26.6. The lowest BCUT2D eigenvalue weighted by Crippen LogP contribution is -2.31. The van der Waals surface area contributed by atoms with Crippen LogP contribution < -0.4 is 11.1 Å². The molecule has 3 N–H and O–H groups in total. The molecule has 0 spiro atoms. The third kappa shape index (κ3) is 4.09. The highest BCUT2D eigenvalue weighted by molar-refractivity contribution is 7.89. The number of amides is 1. The molecule has 2 aromatic heterocycles. The van der Waals surface area contributed by atoms with E-state index in [2.05, 4.69) is 15.3 Å². The largest absolute Gasteiger partial charge is 0.383 e. The average Bonchev–Trinajstić information content (AvgIpc) is 2.79. The van der Waals surface area contributed by atoms with E-state index in [1.54, 1.807) is 31.4 Å². The van der Waals surface area contributed by atoms with E-state index < -0.39 is 10.0 Å². The van der Waals surface area contributed by atoms with E-state index in [-0.39, 0.29) is 10.8 Å². The number of rotatable bonds is 6. The lowest BCUT2D eigenvalue weighted by atomic mass is 9.94. The number of nitrogens with two attached hydrogens (primary N) is 1. The molecule has 3 aromatic rings. The third-order valence-electron chi connectivity index (χ3n) is 5.54. The van der Waals surface area contributed by atoms with Crippen molar-refractivity contribution in [3.63, 3.8) is 0 Å². The minimum absolute atomic E-state index is 0.0681. The first-order valence-electron chi connectivity index (χ1n) is 10.4. The van der Waals surface area contributed by atoms with Crippen LogP contribution in [0.3, 0.4) is 0 Å². The number of pyridine rings is 2. The van der Waals surface area contributed by atoms with E-state index in [0.717, 1.165) is 35.1 Å². The minimum Gasteiger partial charge on any atom is -0.383 e. The van der Waals surface area contributed by atoms with Gasteiger partial charge in [0.25, 0.3) is 5.91 Å². The zero-order chi connectivity index (χ0) is 22.9. The zero-order valence-corrected chi connectivity index (χ0v) is 18.8. The van der Waals surface area contributed by atoms with Gasteiger partial charge in [-0.2, -0.15) is 0 Å². The number of nitrogens with zero attached hydrogens (tertiary/aromatic N) is 3. The monoisotopic (exact) mass is 451 g/mol. The second kappa shape index (κ2) is 8.68. The molecule has 32 heavy (non-hydrogen) atoms. The molecule has 1 aliphatic rings. The SMILES string of the molecule is CCCN(C)S(=O)(=O)c1ccc(-c2cnc(N)c(-c3ccc4c(c3)CCNC4=O)c2)nc1. The molecule has 1 amide bonds. The maximum absolute atomic E-state index is 12.6. The van der Waals surface area contributed by atoms with E-state index in [1.165, 1.54) is 10.5 Å². The number of aromatic nitrogens is 2. The summed E-state index contributed by atoms with van der Waals surface area (Å²) in [6.45, 7) is 2.98. The summed E-state index contributed by atoms with van der Waals surface area (Å²) in [7, 11) is -2.01. The molecule has 9 heteroatoms. The van der Waals surface area contributed by atoms with Crippen molar-refractivity contribution >= 4 is 21.7 Å². The van der Waals surface area contributed by atoms with Crippen LogP contribution >= 0.6 is 0 Å². The Hall–Kier alpha value is -3.30. The van der Waals surface area contributed by atoms with Gasteiger partial charge < -0.3 is 11.1 Å². The Balaban J connectivity index is 1.67. The van der Waals surface area contributed by atoms with E-state index >= 15 is 0 Å². The molecule has 3 heterocycles. The normalized spacial score (nSPS) is 13.7. The molecule has 0 aliphatic carbocycles. The van der Waals surface area contributed by atoms with Crippen LogP contribution in [-0.2, 0) is 16.4 Å². The Morgan fingerprint density at radius 1 is 1.06 bits per heavy atom. The highest BCUT2D eigenvalue weighted by atomic mass is 32.2. The standard InChI is InChI=1S/C23H25N5O3S/c1-3-10-28(2)32(30,31)18-5-7-21(26-14-18)17-12-20(22(24)27-13-17)15-4-6-19-16(11-15)8-9-25-23(19)29/h4-7,11-14H,3,8-10H2,1-2H3,(H2,24,27)(H,25,29). The van der Waals surface area contributed by atoms with Crippen LogP contribution in [0.4, 0.5) is 5.82 Å². The van der Waals surface area contributed by atoms with Gasteiger partial charge in [-0.05, 0) is 48.2 Å². The van der Waals surface area contributed by atoms with Crippen LogP contribution in [0.15, 0.2) is 53.7 Å². The van der Waals surface area contributed by atoms with Crippen LogP contribution in [0.2, 0.25) is 0 Å². The number of benzene rings is 1. The maximum atomic E-state index is 12.6. The van der Waals surface area contributed by atoms with Crippen molar-refractivity contribution in [2.45, 2.75) is 24.7 Å². The fourth-order valence-electron chi connectivity index (χ4n) is 3.76. The zero-order valence-electron chi connectivity index (χ0n) is 18.0. The van der Waals surface area contributed by atoms with E-state index in [4.69, 9.17) is 5.73 Å². The number of hydrogen-bond donors (Lipinski definition) is 2. The van der Waals surface area contributed by atoms with Crippen molar-refractivity contribution < 1.29 is 13.2 Å². The number of anilines is 1. The Morgan fingerprint density at radius 3 is 2.59 bits per heavy atom. The first-order chi connectivity index (χ1) is 15.3. The quantitative estimate of drug-likeness (QED) is 0.595. The Bertz CT molecular complexity index is 1270. The summed E-state index contributed by atoms with van der Waals surface area (Å²) in [5, 5.41) is 2.84. The van der Waals surface area contributed by atoms with Gasteiger partial charge in [0.1, 0.15) is 10.7 Å². The number of hydrogen-bond acceptors (Lipinski definition) is 6. The lowest BCUT2D eigenvalue weighted by molar-refractivity contribution is 0.0946. The summed E-state index contributed by atoms with van der Waals surface area (Å²) >= 11 is 0. The number of sulfonamides is 1. The van der Waals surface area contributed by atoms with Crippen LogP contribution in [0.25, 0.3) is 22.4 Å². The third-order valence-corrected chi connectivity index (χ3v) is 7.38. The number of carbonyl (C=O) groups is 1. The van der Waals surface area contributed by atoms with Gasteiger partial charge in [-0.1, -0.05) is 19.1 Å². The molecule has 1 aliphatic heterocycles. The van der Waals surface area contributed by atoms with Crippen LogP contribution in [0.1, 0.15) is 29.3 Å². The molecule has 1 aromatic carbocycles. The fourth-order valence-corrected chi connectivity index (χ4v) is 4.97. The molecular weight excluding hydrogens is 426 g/mol. The Kier molecular flexibility index (Phi) is 5.94. The smallest absolute Gasteiger partial charge is 0.251 e. The molecule has 0 unspecified atom stereocenters. The van der Waals surface area contributed by atoms with Gasteiger partial charge in [0, 0.05) is 49.2 Å². The molecule has 0 saturated heterocycles. The number of fused-ring (bicyclic) bond motifs is 1. The second-order valence-electron chi connectivity index (χ2n) is 7.74. The Morgan fingerprint density at radius 2 is 1.88 bits per heavy atom. The topological polar surface area (TPSA) is 118 Å². The van der Waals surface area contributed by atoms with Gasteiger partial charge in [-0.15, -0.1) is 0 Å². The Labute approximate surface area is 187 Å². The van der Waals surface area contributed by atoms with Crippen molar-refractivity contribution in [1.29, 1.82) is 0 Å². The molecule has 8 nitrogen and oxygen atoms in total. The molecule has 0 radical (unpaired) electrons.